The molecule has 0 aromatic carbocycles. The maximum Gasteiger partial charge on any atom is 0.386 e. The van der Waals surface area contributed by atoms with Crippen LogP contribution in [0.1, 0.15) is 23.5 Å². The Hall–Kier alpha value is -2.30. The molecule has 2 aliphatic heterocycles. The number of rotatable bonds is 10. The van der Waals surface area contributed by atoms with E-state index in [1.54, 1.807) is 0 Å². The zero-order chi connectivity index (χ0) is 31.3. The Balaban J connectivity index is 1.18. The van der Waals surface area contributed by atoms with Gasteiger partial charge in [0.1, 0.15) is 23.9 Å². The van der Waals surface area contributed by atoms with Crippen molar-refractivity contribution in [2.24, 2.45) is 0 Å². The topological polar surface area (TPSA) is 283 Å². The molecular weight excluding hydrogens is 684 g/mol. The average molecular weight is 710 g/mol. The van der Waals surface area contributed by atoms with E-state index in [2.05, 4.69) is 59.8 Å². The van der Waals surface area contributed by atoms with E-state index in [1.807, 2.05) is 0 Å². The molecule has 6 heterocycles. The summed E-state index contributed by atoms with van der Waals surface area (Å²) in [5.41, 5.74) is 11.7. The monoisotopic (exact) mass is 709 g/mol. The highest BCUT2D eigenvalue weighted by atomic mass is 32.7. The van der Waals surface area contributed by atoms with Crippen molar-refractivity contribution in [2.45, 2.75) is 47.6 Å². The highest BCUT2D eigenvalue weighted by Crippen LogP contribution is 2.59. The summed E-state index contributed by atoms with van der Waals surface area (Å²) >= 11 is 8.89. The number of aromatic amines is 1. The maximum atomic E-state index is 13.5. The molecule has 4 aromatic heterocycles. The van der Waals surface area contributed by atoms with Crippen LogP contribution in [0.25, 0.3) is 16.8 Å². The fraction of sp³-hybridized carbons (Fsp3) is 0.526. The van der Waals surface area contributed by atoms with E-state index in [0.717, 1.165) is 11.8 Å². The lowest BCUT2D eigenvalue weighted by Gasteiger charge is -2.25. The van der Waals surface area contributed by atoms with Crippen molar-refractivity contribution in [3.63, 3.8) is 0 Å². The first-order chi connectivity index (χ1) is 20.9. The second kappa shape index (κ2) is 12.5. The Morgan fingerprint density at radius 2 is 2.07 bits per heavy atom. The summed E-state index contributed by atoms with van der Waals surface area (Å²) in [6.07, 6.45) is -2.38. The predicted molar refractivity (Wildman–Crippen MR) is 162 cm³/mol. The van der Waals surface area contributed by atoms with Gasteiger partial charge in [-0.05, 0) is 0 Å². The van der Waals surface area contributed by atoms with Gasteiger partial charge in [0.25, 0.3) is 5.56 Å². The van der Waals surface area contributed by atoms with Crippen LogP contribution in [0.3, 0.4) is 0 Å². The van der Waals surface area contributed by atoms with Crippen molar-refractivity contribution in [1.29, 1.82) is 0 Å². The molecule has 0 spiro atoms. The summed E-state index contributed by atoms with van der Waals surface area (Å²) in [7, 11) is -2.65. The molecule has 44 heavy (non-hydrogen) atoms. The largest absolute Gasteiger partial charge is 0.390 e. The van der Waals surface area contributed by atoms with Crippen LogP contribution in [-0.4, -0.2) is 97.6 Å². The average Bonchev–Trinajstić information content (AvgIpc) is 3.72. The first-order valence-electron chi connectivity index (χ1n) is 12.6. The van der Waals surface area contributed by atoms with Crippen molar-refractivity contribution in [2.75, 3.05) is 24.7 Å². The first-order valence-corrected chi connectivity index (χ1v) is 18.9. The standard InChI is InChI=1S/C19H25N11O9P2S3/c20-18-25-15-11(16(33)26-18)27-28-29(15)17-13(12(32)10(44-17)4-36-40(34)42)39-41(35,43)37-3-9-7(31)1-8(38-9)6-2-24-30-14(6)22-5-23-19(30)21/h2,5,7-10,12-13,17,31-32,40H,1,3-4H2,(H,34,42)(H,35,43)(H2,21,22,23)(H3,20,25,26,33)/t7-,8+,9+,10+,12+,13+,17+,41?/m0/s1. The van der Waals surface area contributed by atoms with E-state index in [0.29, 0.717) is 11.2 Å². The van der Waals surface area contributed by atoms with Crippen LogP contribution in [-0.2, 0) is 27.4 Å². The van der Waals surface area contributed by atoms with Gasteiger partial charge in [-0.1, -0.05) is 29.7 Å². The third-order valence-electron chi connectivity index (χ3n) is 6.86. The molecule has 238 valence electrons. The van der Waals surface area contributed by atoms with E-state index in [9.17, 15) is 24.1 Å². The maximum absolute atomic E-state index is 13.5. The van der Waals surface area contributed by atoms with Crippen LogP contribution in [0.4, 0.5) is 11.9 Å². The van der Waals surface area contributed by atoms with Crippen LogP contribution >= 0.6 is 50.3 Å². The number of aromatic nitrogens is 9. The molecule has 0 aliphatic carbocycles. The molecule has 7 N–H and O–H groups in total. The summed E-state index contributed by atoms with van der Waals surface area (Å²) in [5.74, 6) is -0.0885. The third-order valence-corrected chi connectivity index (χ3v) is 10.8. The zero-order valence-electron chi connectivity index (χ0n) is 22.1. The van der Waals surface area contributed by atoms with Crippen LogP contribution in [0.15, 0.2) is 17.3 Å². The normalized spacial score (nSPS) is 29.4. The number of ether oxygens (including phenoxy) is 1. The molecule has 20 nitrogen and oxygen atoms in total. The first kappa shape index (κ1) is 31.7. The smallest absolute Gasteiger partial charge is 0.386 e. The number of H-pyrrole nitrogens is 1. The number of aliphatic hydroxyl groups excluding tert-OH is 2. The Bertz CT molecular complexity index is 1830. The minimum Gasteiger partial charge on any atom is -0.390 e. The van der Waals surface area contributed by atoms with Crippen molar-refractivity contribution < 1.29 is 37.7 Å². The minimum atomic E-state index is -4.28. The van der Waals surface area contributed by atoms with Gasteiger partial charge < -0.3 is 30.9 Å². The van der Waals surface area contributed by atoms with Gasteiger partial charge in [0.05, 0.1) is 43.0 Å². The summed E-state index contributed by atoms with van der Waals surface area (Å²) in [6, 6.07) is 0. The Morgan fingerprint density at radius 3 is 2.84 bits per heavy atom. The van der Waals surface area contributed by atoms with Crippen LogP contribution in [0.2, 0.25) is 0 Å². The number of aliphatic hydroxyl groups is 2. The molecule has 2 fully saturated rings. The SMILES string of the molecule is Nc1nc2c(nnn2[C@@H]2S[C@H](CO[PH](=O)S)[C@@H](O)[C@H]2OP(=O)(S)OC[C@H]2O[C@@H](c3cnn4c(N)ncnc34)C[C@@H]2O)c(=O)[nH]1. The number of nitrogens with zero attached hydrogens (tertiary/aromatic N) is 8. The third kappa shape index (κ3) is 6.23. The molecule has 25 heteroatoms. The van der Waals surface area contributed by atoms with E-state index in [1.165, 1.54) is 21.7 Å². The number of nitrogen functional groups attached to an aromatic ring is 2. The molecule has 2 aliphatic rings. The van der Waals surface area contributed by atoms with Crippen LogP contribution < -0.4 is 17.0 Å². The highest BCUT2D eigenvalue weighted by molar-refractivity contribution is 8.44. The van der Waals surface area contributed by atoms with E-state index < -0.39 is 67.3 Å². The molecule has 9 atom stereocenters. The van der Waals surface area contributed by atoms with Crippen molar-refractivity contribution in [3.05, 3.63) is 28.4 Å². The summed E-state index contributed by atoms with van der Waals surface area (Å²) in [5, 5.41) is 32.0. The van der Waals surface area contributed by atoms with E-state index in [-0.39, 0.29) is 36.1 Å². The lowest BCUT2D eigenvalue weighted by molar-refractivity contribution is -0.0248. The van der Waals surface area contributed by atoms with E-state index >= 15 is 0 Å². The molecular formula is C19H25N11O9P2S3. The van der Waals surface area contributed by atoms with Crippen molar-refractivity contribution in [1.82, 2.24) is 44.5 Å². The van der Waals surface area contributed by atoms with Crippen molar-refractivity contribution >= 4 is 79.0 Å². The quantitative estimate of drug-likeness (QED) is 0.0826. The van der Waals surface area contributed by atoms with Crippen molar-refractivity contribution in [3.8, 4) is 0 Å². The number of nitrogens with two attached hydrogens (primary N) is 2. The molecule has 0 radical (unpaired) electrons. The molecule has 0 saturated carbocycles. The molecule has 4 aromatic rings. The number of nitrogens with one attached hydrogen (secondary N) is 1. The van der Waals surface area contributed by atoms with Gasteiger partial charge in [-0.15, -0.1) is 16.9 Å². The van der Waals surface area contributed by atoms with Gasteiger partial charge in [-0.3, -0.25) is 23.4 Å². The summed E-state index contributed by atoms with van der Waals surface area (Å²) in [6.45, 7) is -4.89. The number of thioether (sulfide) groups is 1. The second-order valence-corrected chi connectivity index (χ2v) is 15.8. The fourth-order valence-corrected chi connectivity index (χ4v) is 8.52. The van der Waals surface area contributed by atoms with Gasteiger partial charge in [0.15, 0.2) is 16.8 Å². The lowest BCUT2D eigenvalue weighted by Crippen LogP contribution is -2.35. The number of thiol groups is 2. The summed E-state index contributed by atoms with van der Waals surface area (Å²) in [4.78, 5) is 26.7. The molecule has 0 amide bonds. The van der Waals surface area contributed by atoms with Crippen LogP contribution in [0, 0.1) is 0 Å². The number of anilines is 2. The Labute approximate surface area is 261 Å². The number of hydrogen-bond donors (Lipinski definition) is 7. The summed E-state index contributed by atoms with van der Waals surface area (Å²) < 4.78 is 49.7. The molecule has 2 saturated heterocycles. The predicted octanol–water partition coefficient (Wildman–Crippen LogP) is -0.242. The number of hydrogen-bond acceptors (Lipinski definition) is 18. The highest BCUT2D eigenvalue weighted by Gasteiger charge is 2.50. The lowest BCUT2D eigenvalue weighted by atomic mass is 10.1. The molecule has 2 unspecified atom stereocenters. The van der Waals surface area contributed by atoms with Crippen LogP contribution in [0.5, 0.6) is 0 Å². The van der Waals surface area contributed by atoms with E-state index in [4.69, 9.17) is 29.8 Å². The Morgan fingerprint density at radius 1 is 1.27 bits per heavy atom. The van der Waals surface area contributed by atoms with Gasteiger partial charge >= 0.3 is 6.80 Å². The van der Waals surface area contributed by atoms with Gasteiger partial charge in [-0.2, -0.15) is 14.6 Å². The Kier molecular flexibility index (Phi) is 8.98. The molecule has 6 rings (SSSR count). The fourth-order valence-electron chi connectivity index (χ4n) is 4.86. The van der Waals surface area contributed by atoms with Gasteiger partial charge in [0.2, 0.25) is 19.1 Å². The zero-order valence-corrected chi connectivity index (χ0v) is 26.6. The molecule has 0 bridgehead atoms. The number of fused-ring (bicyclic) bond motifs is 2. The van der Waals surface area contributed by atoms with Gasteiger partial charge in [-0.25, -0.2) is 19.2 Å². The minimum absolute atomic E-state index is 0.0305. The van der Waals surface area contributed by atoms with Gasteiger partial charge in [0, 0.05) is 12.0 Å². The second-order valence-electron chi connectivity index (χ2n) is 9.66.